The number of phenolic OH excluding ortho intramolecular Hbond substituents is 1. The molecule has 146 valence electrons. The number of carbonyl (C=O) groups excluding carboxylic acids is 1. The van der Waals surface area contributed by atoms with Crippen molar-refractivity contribution in [1.82, 2.24) is 4.57 Å². The van der Waals surface area contributed by atoms with Crippen molar-refractivity contribution < 1.29 is 9.90 Å². The summed E-state index contributed by atoms with van der Waals surface area (Å²) in [6.07, 6.45) is 2.33. The number of benzene rings is 3. The summed E-state index contributed by atoms with van der Waals surface area (Å²) in [7, 11) is 1.97. The third-order valence-corrected chi connectivity index (χ3v) is 5.87. The second-order valence-corrected chi connectivity index (χ2v) is 7.63. The van der Waals surface area contributed by atoms with E-state index in [1.807, 2.05) is 60.1 Å². The van der Waals surface area contributed by atoms with E-state index in [0.717, 1.165) is 46.3 Å². The zero-order valence-electron chi connectivity index (χ0n) is 16.4. The van der Waals surface area contributed by atoms with E-state index >= 15 is 0 Å². The summed E-state index contributed by atoms with van der Waals surface area (Å²) >= 11 is 0. The van der Waals surface area contributed by atoms with Crippen LogP contribution in [0.4, 0.5) is 11.4 Å². The Kier molecular flexibility index (Phi) is 4.16. The fourth-order valence-corrected chi connectivity index (χ4v) is 4.38. The van der Waals surface area contributed by atoms with Gasteiger partial charge < -0.3 is 19.9 Å². The molecule has 1 saturated heterocycles. The summed E-state index contributed by atoms with van der Waals surface area (Å²) < 4.78 is 2.04. The van der Waals surface area contributed by atoms with E-state index in [0.29, 0.717) is 0 Å². The molecule has 0 bridgehead atoms. The topological polar surface area (TPSA) is 57.5 Å². The van der Waals surface area contributed by atoms with Crippen molar-refractivity contribution in [3.8, 4) is 5.75 Å². The molecule has 5 rings (SSSR count). The first kappa shape index (κ1) is 17.6. The van der Waals surface area contributed by atoms with Crippen LogP contribution in [-0.2, 0) is 7.05 Å². The van der Waals surface area contributed by atoms with Crippen molar-refractivity contribution in [1.29, 1.82) is 0 Å². The molecule has 0 saturated carbocycles. The summed E-state index contributed by atoms with van der Waals surface area (Å²) in [6, 6.07) is 19.4. The van der Waals surface area contributed by atoms with Gasteiger partial charge in [-0.1, -0.05) is 30.3 Å². The van der Waals surface area contributed by atoms with Crippen molar-refractivity contribution in [2.24, 2.45) is 7.05 Å². The quantitative estimate of drug-likeness (QED) is 0.528. The lowest BCUT2D eigenvalue weighted by Crippen LogP contribution is -2.21. The van der Waals surface area contributed by atoms with E-state index in [1.54, 1.807) is 12.1 Å². The third kappa shape index (κ3) is 2.90. The van der Waals surface area contributed by atoms with E-state index in [9.17, 15) is 9.90 Å². The van der Waals surface area contributed by atoms with Crippen LogP contribution in [0.25, 0.3) is 21.8 Å². The van der Waals surface area contributed by atoms with Gasteiger partial charge in [-0.15, -0.1) is 0 Å². The number of nitrogens with zero attached hydrogens (tertiary/aromatic N) is 2. The number of hydrogen-bond donors (Lipinski definition) is 2. The molecule has 0 unspecified atom stereocenters. The van der Waals surface area contributed by atoms with Crippen molar-refractivity contribution in [3.05, 3.63) is 66.2 Å². The lowest BCUT2D eigenvalue weighted by atomic mass is 10.1. The van der Waals surface area contributed by atoms with Crippen molar-refractivity contribution in [3.63, 3.8) is 0 Å². The number of nitrogens with one attached hydrogen (secondary N) is 1. The molecule has 1 aliphatic rings. The van der Waals surface area contributed by atoms with Crippen molar-refractivity contribution in [2.75, 3.05) is 23.3 Å². The van der Waals surface area contributed by atoms with Gasteiger partial charge >= 0.3 is 0 Å². The highest BCUT2D eigenvalue weighted by molar-refractivity contribution is 6.14. The largest absolute Gasteiger partial charge is 0.507 e. The molecule has 0 spiro atoms. The number of aromatic nitrogens is 1. The summed E-state index contributed by atoms with van der Waals surface area (Å²) in [6.45, 7) is 2.00. The fraction of sp³-hybridized carbons (Fsp3) is 0.208. The minimum atomic E-state index is -0.302. The van der Waals surface area contributed by atoms with Crippen LogP contribution in [0.15, 0.2) is 60.7 Å². The number of phenols is 1. The average molecular weight is 385 g/mol. The van der Waals surface area contributed by atoms with Gasteiger partial charge in [0, 0.05) is 42.5 Å². The monoisotopic (exact) mass is 385 g/mol. The number of rotatable bonds is 3. The second-order valence-electron chi connectivity index (χ2n) is 7.63. The molecule has 0 atom stereocenters. The first-order valence-electron chi connectivity index (χ1n) is 9.99. The predicted molar refractivity (Wildman–Crippen MR) is 118 cm³/mol. The lowest BCUT2D eigenvalue weighted by molar-refractivity contribution is 0.102. The Hall–Kier alpha value is -3.47. The molecule has 1 fully saturated rings. The number of aryl methyl sites for hydroxylation is 1. The SMILES string of the molecule is Cn1c2ccccc2c2cc(C(=O)Nc3ccccc3N3CCCC3)c(O)cc21. The van der Waals surface area contributed by atoms with E-state index in [4.69, 9.17) is 0 Å². The fourth-order valence-electron chi connectivity index (χ4n) is 4.38. The van der Waals surface area contributed by atoms with Gasteiger partial charge in [0.15, 0.2) is 0 Å². The van der Waals surface area contributed by atoms with E-state index in [2.05, 4.69) is 10.2 Å². The molecular weight excluding hydrogens is 362 g/mol. The highest BCUT2D eigenvalue weighted by atomic mass is 16.3. The summed E-state index contributed by atoms with van der Waals surface area (Å²) in [4.78, 5) is 15.4. The second kappa shape index (κ2) is 6.85. The van der Waals surface area contributed by atoms with Crippen LogP contribution in [-0.4, -0.2) is 28.7 Å². The molecule has 2 N–H and O–H groups in total. The third-order valence-electron chi connectivity index (χ3n) is 5.87. The lowest BCUT2D eigenvalue weighted by Gasteiger charge is -2.21. The van der Waals surface area contributed by atoms with E-state index < -0.39 is 0 Å². The summed E-state index contributed by atoms with van der Waals surface area (Å²) in [5.41, 5.74) is 4.06. The van der Waals surface area contributed by atoms with Gasteiger partial charge in [0.1, 0.15) is 5.75 Å². The van der Waals surface area contributed by atoms with Gasteiger partial charge in [-0.2, -0.15) is 0 Å². The van der Waals surface area contributed by atoms with Crippen LogP contribution in [0.5, 0.6) is 5.75 Å². The van der Waals surface area contributed by atoms with Crippen molar-refractivity contribution in [2.45, 2.75) is 12.8 Å². The Morgan fingerprint density at radius 3 is 2.48 bits per heavy atom. The Balaban J connectivity index is 1.55. The number of hydrogen-bond acceptors (Lipinski definition) is 3. The van der Waals surface area contributed by atoms with Gasteiger partial charge in [0.25, 0.3) is 5.91 Å². The zero-order valence-corrected chi connectivity index (χ0v) is 16.4. The Bertz CT molecular complexity index is 1240. The minimum Gasteiger partial charge on any atom is -0.507 e. The van der Waals surface area contributed by atoms with Crippen LogP contribution in [0.3, 0.4) is 0 Å². The first-order chi connectivity index (χ1) is 14.1. The van der Waals surface area contributed by atoms with Gasteiger partial charge in [0.05, 0.1) is 22.5 Å². The van der Waals surface area contributed by atoms with Gasteiger partial charge in [0.2, 0.25) is 0 Å². The molecule has 4 aromatic rings. The van der Waals surface area contributed by atoms with E-state index in [-0.39, 0.29) is 17.2 Å². The normalized spacial score (nSPS) is 14.0. The number of carbonyl (C=O) groups is 1. The highest BCUT2D eigenvalue weighted by Gasteiger charge is 2.20. The number of para-hydroxylation sites is 3. The molecule has 5 nitrogen and oxygen atoms in total. The molecule has 2 heterocycles. The number of amides is 1. The number of anilines is 2. The van der Waals surface area contributed by atoms with Crippen molar-refractivity contribution >= 4 is 39.1 Å². The average Bonchev–Trinajstić information content (AvgIpc) is 3.36. The maximum Gasteiger partial charge on any atom is 0.259 e. The molecular formula is C24H23N3O2. The number of aromatic hydroxyl groups is 1. The van der Waals surface area contributed by atoms with Gasteiger partial charge in [-0.3, -0.25) is 4.79 Å². The van der Waals surface area contributed by atoms with E-state index in [1.165, 1.54) is 12.8 Å². The Morgan fingerprint density at radius 2 is 1.66 bits per heavy atom. The maximum absolute atomic E-state index is 13.1. The Morgan fingerprint density at radius 1 is 0.931 bits per heavy atom. The molecule has 5 heteroatoms. The minimum absolute atomic E-state index is 0.0143. The smallest absolute Gasteiger partial charge is 0.259 e. The molecule has 1 aromatic heterocycles. The Labute approximate surface area is 169 Å². The highest BCUT2D eigenvalue weighted by Crippen LogP contribution is 2.34. The maximum atomic E-state index is 13.1. The summed E-state index contributed by atoms with van der Waals surface area (Å²) in [5, 5.41) is 15.6. The molecule has 0 aliphatic carbocycles. The predicted octanol–water partition coefficient (Wildman–Crippen LogP) is 4.89. The van der Waals surface area contributed by atoms with Gasteiger partial charge in [-0.05, 0) is 37.1 Å². The number of fused-ring (bicyclic) bond motifs is 3. The van der Waals surface area contributed by atoms with Crippen LogP contribution in [0.1, 0.15) is 23.2 Å². The molecule has 3 aromatic carbocycles. The van der Waals surface area contributed by atoms with Crippen LogP contribution < -0.4 is 10.2 Å². The molecule has 1 amide bonds. The first-order valence-corrected chi connectivity index (χ1v) is 9.99. The van der Waals surface area contributed by atoms with Gasteiger partial charge in [-0.25, -0.2) is 0 Å². The summed E-state index contributed by atoms with van der Waals surface area (Å²) in [5.74, 6) is -0.316. The van der Waals surface area contributed by atoms with Crippen LogP contribution in [0.2, 0.25) is 0 Å². The van der Waals surface area contributed by atoms with Crippen LogP contribution in [0, 0.1) is 0 Å². The van der Waals surface area contributed by atoms with Crippen LogP contribution >= 0.6 is 0 Å². The molecule has 0 radical (unpaired) electrons. The zero-order chi connectivity index (χ0) is 20.0. The molecule has 29 heavy (non-hydrogen) atoms. The standard InChI is InChI=1S/C24H23N3O2/c1-26-20-10-4-2-8-16(20)17-14-18(23(28)15-22(17)26)24(29)25-19-9-3-5-11-21(19)27-12-6-7-13-27/h2-5,8-11,14-15,28H,6-7,12-13H2,1H3,(H,25,29). The molecule has 1 aliphatic heterocycles.